The van der Waals surface area contributed by atoms with Crippen molar-refractivity contribution in [3.05, 3.63) is 35.4 Å². The fraction of sp³-hybridized carbons (Fsp3) is 0.556. The third-order valence-electron chi connectivity index (χ3n) is 6.01. The largest absolute Gasteiger partial charge is 0.454 e. The molecule has 24 heavy (non-hydrogen) atoms. The van der Waals surface area contributed by atoms with Crippen LogP contribution in [0.2, 0.25) is 0 Å². The topological polar surface area (TPSA) is 60.4 Å². The number of aliphatic hydroxyl groups is 1. The molecule has 4 aliphatic rings. The molecule has 1 N–H and O–H groups in total. The number of likely N-dealkylation sites (N-methyl/N-ethyl adjacent to an activating group) is 1. The molecule has 0 saturated carbocycles. The Morgan fingerprint density at radius 2 is 2.08 bits per heavy atom. The number of fused-ring (bicyclic) bond motifs is 2. The highest BCUT2D eigenvalue weighted by Gasteiger charge is 2.66. The summed E-state index contributed by atoms with van der Waals surface area (Å²) in [6, 6.07) is 4.10. The predicted molar refractivity (Wildman–Crippen MR) is 85.0 cm³/mol. The van der Waals surface area contributed by atoms with Gasteiger partial charge in [0.1, 0.15) is 0 Å². The van der Waals surface area contributed by atoms with Crippen molar-refractivity contribution in [1.29, 1.82) is 0 Å². The number of hydrogen-bond acceptors (Lipinski definition) is 6. The van der Waals surface area contributed by atoms with Gasteiger partial charge in [0, 0.05) is 13.2 Å². The smallest absolute Gasteiger partial charge is 0.231 e. The van der Waals surface area contributed by atoms with E-state index in [-0.39, 0.29) is 18.9 Å². The van der Waals surface area contributed by atoms with Crippen molar-refractivity contribution in [3.8, 4) is 11.5 Å². The summed E-state index contributed by atoms with van der Waals surface area (Å²) >= 11 is 0. The highest BCUT2D eigenvalue weighted by molar-refractivity contribution is 5.56. The molecular formula is C18H21NO5. The minimum atomic E-state index is -1.25. The van der Waals surface area contributed by atoms with Crippen molar-refractivity contribution in [2.45, 2.75) is 36.4 Å². The molecule has 0 radical (unpaired) electrons. The molecule has 3 aliphatic heterocycles. The van der Waals surface area contributed by atoms with Crippen molar-refractivity contribution in [2.24, 2.45) is 0 Å². The molecule has 0 unspecified atom stereocenters. The second kappa shape index (κ2) is 4.73. The molecule has 6 heteroatoms. The van der Waals surface area contributed by atoms with Gasteiger partial charge in [-0.25, -0.2) is 0 Å². The third kappa shape index (κ3) is 1.64. The highest BCUT2D eigenvalue weighted by atomic mass is 16.7. The maximum atomic E-state index is 11.4. The van der Waals surface area contributed by atoms with E-state index in [0.717, 1.165) is 29.0 Å². The molecular weight excluding hydrogens is 310 g/mol. The van der Waals surface area contributed by atoms with Gasteiger partial charge in [0.15, 0.2) is 17.3 Å². The summed E-state index contributed by atoms with van der Waals surface area (Å²) in [6.45, 7) is 1.07. The lowest BCUT2D eigenvalue weighted by Crippen LogP contribution is -2.59. The minimum Gasteiger partial charge on any atom is -0.454 e. The van der Waals surface area contributed by atoms with Gasteiger partial charge < -0.3 is 24.1 Å². The van der Waals surface area contributed by atoms with Crippen molar-refractivity contribution < 1.29 is 24.1 Å². The third-order valence-corrected chi connectivity index (χ3v) is 6.01. The first-order chi connectivity index (χ1) is 11.6. The Hall–Kier alpha value is -1.60. The lowest BCUT2D eigenvalue weighted by Gasteiger charge is -2.49. The summed E-state index contributed by atoms with van der Waals surface area (Å²) in [7, 11) is 3.75. The number of benzene rings is 1. The van der Waals surface area contributed by atoms with Crippen LogP contribution in [0.4, 0.5) is 0 Å². The fourth-order valence-corrected chi connectivity index (χ4v) is 4.86. The summed E-state index contributed by atoms with van der Waals surface area (Å²) in [5.41, 5.74) is 1.50. The average Bonchev–Trinajstić information content (AvgIpc) is 3.13. The van der Waals surface area contributed by atoms with Crippen LogP contribution in [-0.2, 0) is 21.5 Å². The Kier molecular flexibility index (Phi) is 2.90. The van der Waals surface area contributed by atoms with Crippen LogP contribution in [0, 0.1) is 0 Å². The standard InChI is InChI=1S/C18H21NO5/c1-19-9-18(20)17(4-3-12(21-2)6-16(17)19)13-7-15-14(22-10-23-15)5-11(13)8-24-18/h3-5,7,12,16,20H,6,8-10H2,1-2H3/t12-,16-,17+,18+/m1/s1. The fourth-order valence-electron chi connectivity index (χ4n) is 4.86. The molecule has 0 amide bonds. The molecule has 5 rings (SSSR count). The lowest BCUT2D eigenvalue weighted by molar-refractivity contribution is -0.236. The van der Waals surface area contributed by atoms with Gasteiger partial charge in [-0.3, -0.25) is 4.90 Å². The maximum absolute atomic E-state index is 11.4. The number of β-amino-alcohol motifs (C(OH)–C–C–N with tert-alkyl or cyclic N) is 1. The second-order valence-electron chi connectivity index (χ2n) is 7.10. The number of ether oxygens (including phenoxy) is 4. The minimum absolute atomic E-state index is 0.0461. The van der Waals surface area contributed by atoms with Crippen LogP contribution in [-0.4, -0.2) is 55.4 Å². The van der Waals surface area contributed by atoms with Crippen molar-refractivity contribution in [2.75, 3.05) is 27.5 Å². The van der Waals surface area contributed by atoms with Gasteiger partial charge in [-0.05, 0) is 36.7 Å². The molecule has 1 aromatic rings. The number of methoxy groups -OCH3 is 1. The molecule has 1 saturated heterocycles. The first-order valence-electron chi connectivity index (χ1n) is 8.29. The Bertz CT molecular complexity index is 734. The van der Waals surface area contributed by atoms with Crippen LogP contribution in [0.1, 0.15) is 17.5 Å². The molecule has 3 heterocycles. The van der Waals surface area contributed by atoms with E-state index in [0.29, 0.717) is 13.2 Å². The molecule has 0 bridgehead atoms. The molecule has 128 valence electrons. The quantitative estimate of drug-likeness (QED) is 0.780. The zero-order chi connectivity index (χ0) is 16.5. The summed E-state index contributed by atoms with van der Waals surface area (Å²) in [5.74, 6) is 0.238. The van der Waals surface area contributed by atoms with E-state index >= 15 is 0 Å². The van der Waals surface area contributed by atoms with Crippen LogP contribution in [0.25, 0.3) is 0 Å². The lowest BCUT2D eigenvalue weighted by atomic mass is 9.64. The summed E-state index contributed by atoms with van der Waals surface area (Å²) < 4.78 is 22.6. The zero-order valence-electron chi connectivity index (χ0n) is 13.8. The van der Waals surface area contributed by atoms with E-state index < -0.39 is 11.2 Å². The number of rotatable bonds is 1. The predicted octanol–water partition coefficient (Wildman–Crippen LogP) is 1.16. The molecule has 1 aliphatic carbocycles. The SMILES string of the molecule is CO[C@@H]1C=C[C@@]23c4cc5c(cc4CO[C@@]2(O)CN(C)[C@@H]3C1)OCO5. The monoisotopic (exact) mass is 331 g/mol. The van der Waals surface area contributed by atoms with Crippen molar-refractivity contribution in [3.63, 3.8) is 0 Å². The van der Waals surface area contributed by atoms with Crippen molar-refractivity contribution in [1.82, 2.24) is 4.90 Å². The molecule has 1 aromatic carbocycles. The van der Waals surface area contributed by atoms with Gasteiger partial charge in [0.2, 0.25) is 6.79 Å². The second-order valence-corrected chi connectivity index (χ2v) is 7.10. The summed E-state index contributed by atoms with van der Waals surface area (Å²) in [6.07, 6.45) is 4.98. The summed E-state index contributed by atoms with van der Waals surface area (Å²) in [4.78, 5) is 2.18. The van der Waals surface area contributed by atoms with Crippen molar-refractivity contribution >= 4 is 0 Å². The number of nitrogens with zero attached hydrogens (tertiary/aromatic N) is 1. The van der Waals surface area contributed by atoms with E-state index in [4.69, 9.17) is 18.9 Å². The Morgan fingerprint density at radius 1 is 1.29 bits per heavy atom. The van der Waals surface area contributed by atoms with Crippen LogP contribution < -0.4 is 9.47 Å². The normalized spacial score (nSPS) is 39.5. The average molecular weight is 331 g/mol. The molecule has 6 nitrogen and oxygen atoms in total. The Labute approximate surface area is 140 Å². The molecule has 1 spiro atoms. The maximum Gasteiger partial charge on any atom is 0.231 e. The first-order valence-corrected chi connectivity index (χ1v) is 8.29. The molecule has 1 fully saturated rings. The van der Waals surface area contributed by atoms with Crippen LogP contribution in [0.5, 0.6) is 11.5 Å². The van der Waals surface area contributed by atoms with Gasteiger partial charge in [-0.15, -0.1) is 0 Å². The first kappa shape index (κ1) is 14.7. The van der Waals surface area contributed by atoms with Crippen LogP contribution in [0.3, 0.4) is 0 Å². The van der Waals surface area contributed by atoms with E-state index in [1.54, 1.807) is 7.11 Å². The van der Waals surface area contributed by atoms with E-state index in [2.05, 4.69) is 11.0 Å². The van der Waals surface area contributed by atoms with Gasteiger partial charge >= 0.3 is 0 Å². The van der Waals surface area contributed by atoms with E-state index in [9.17, 15) is 5.11 Å². The molecule has 4 atom stereocenters. The zero-order valence-corrected chi connectivity index (χ0v) is 13.8. The van der Waals surface area contributed by atoms with Gasteiger partial charge in [-0.1, -0.05) is 12.2 Å². The summed E-state index contributed by atoms with van der Waals surface area (Å²) in [5, 5.41) is 11.4. The molecule has 0 aromatic heterocycles. The van der Waals surface area contributed by atoms with E-state index in [1.165, 1.54) is 0 Å². The Morgan fingerprint density at radius 3 is 2.88 bits per heavy atom. The van der Waals surface area contributed by atoms with Gasteiger partial charge in [0.05, 0.1) is 24.7 Å². The van der Waals surface area contributed by atoms with Gasteiger partial charge in [-0.2, -0.15) is 0 Å². The number of likely N-dealkylation sites (tertiary alicyclic amines) is 1. The van der Waals surface area contributed by atoms with Crippen LogP contribution >= 0.6 is 0 Å². The number of hydrogen-bond donors (Lipinski definition) is 1. The highest BCUT2D eigenvalue weighted by Crippen LogP contribution is 2.56. The van der Waals surface area contributed by atoms with Gasteiger partial charge in [0.25, 0.3) is 0 Å². The van der Waals surface area contributed by atoms with Crippen LogP contribution in [0.15, 0.2) is 24.3 Å². The Balaban J connectivity index is 1.74. The van der Waals surface area contributed by atoms with E-state index in [1.807, 2.05) is 25.3 Å².